The Morgan fingerprint density at radius 3 is 2.25 bits per heavy atom. The van der Waals surface area contributed by atoms with Crippen molar-refractivity contribution in [2.24, 2.45) is 0 Å². The van der Waals surface area contributed by atoms with Crippen molar-refractivity contribution >= 4 is 38.5 Å². The molecular formula is C15H12Cl2N2Se. The Bertz CT molecular complexity index is 746. The fourth-order valence-corrected chi connectivity index (χ4v) is 3.73. The van der Waals surface area contributed by atoms with E-state index in [0.29, 0.717) is 9.38 Å². The summed E-state index contributed by atoms with van der Waals surface area (Å²) in [6.07, 6.45) is 0. The van der Waals surface area contributed by atoms with Gasteiger partial charge in [-0.25, -0.2) is 0 Å². The molecule has 0 unspecified atom stereocenters. The Balaban J connectivity index is 0.00000147. The Labute approximate surface area is 134 Å². The summed E-state index contributed by atoms with van der Waals surface area (Å²) in [6, 6.07) is 17.8. The normalized spacial score (nSPS) is 10.1. The number of aromatic nitrogens is 1. The summed E-state index contributed by atoms with van der Waals surface area (Å²) in [6.45, 7) is 0. The minimum atomic E-state index is 0. The number of rotatable bonds is 2. The van der Waals surface area contributed by atoms with Crippen molar-refractivity contribution in [1.29, 1.82) is 5.41 Å². The summed E-state index contributed by atoms with van der Waals surface area (Å²) >= 11 is 6.01. The summed E-state index contributed by atoms with van der Waals surface area (Å²) in [5.74, 6) is 0. The Kier molecular flexibility index (Phi) is 4.90. The van der Waals surface area contributed by atoms with Gasteiger partial charge in [0.25, 0.3) is 0 Å². The summed E-state index contributed by atoms with van der Waals surface area (Å²) in [5.41, 5.74) is 3.22. The molecule has 0 saturated carbocycles. The van der Waals surface area contributed by atoms with E-state index in [1.165, 1.54) is 0 Å². The average molecular weight is 370 g/mol. The topological polar surface area (TPSA) is 28.8 Å². The van der Waals surface area contributed by atoms with Gasteiger partial charge in [-0.15, -0.1) is 12.4 Å². The van der Waals surface area contributed by atoms with Crippen LogP contribution in [0, 0.1) is 5.41 Å². The molecule has 1 N–H and O–H groups in total. The maximum absolute atomic E-state index is 8.15. The van der Waals surface area contributed by atoms with Crippen molar-refractivity contribution in [3.8, 4) is 16.9 Å². The molecule has 5 heteroatoms. The van der Waals surface area contributed by atoms with Crippen LogP contribution >= 0.6 is 24.0 Å². The summed E-state index contributed by atoms with van der Waals surface area (Å²) in [5, 5.41) is 8.86. The van der Waals surface area contributed by atoms with Crippen molar-refractivity contribution in [2.45, 2.75) is 0 Å². The van der Waals surface area contributed by atoms with Gasteiger partial charge in [0, 0.05) is 0 Å². The first-order valence-corrected chi connectivity index (χ1v) is 8.04. The number of hydrogen-bond acceptors (Lipinski definition) is 1. The van der Waals surface area contributed by atoms with Crippen LogP contribution in [0.4, 0.5) is 0 Å². The molecule has 0 fully saturated rings. The summed E-state index contributed by atoms with van der Waals surface area (Å²) < 4.78 is 2.64. The van der Waals surface area contributed by atoms with Crippen molar-refractivity contribution in [3.05, 3.63) is 68.9 Å². The summed E-state index contributed by atoms with van der Waals surface area (Å²) in [4.78, 5) is 2.15. The molecule has 0 spiro atoms. The summed E-state index contributed by atoms with van der Waals surface area (Å²) in [7, 11) is 0. The third kappa shape index (κ3) is 2.92. The quantitative estimate of drug-likeness (QED) is 0.666. The Morgan fingerprint density at radius 2 is 1.60 bits per heavy atom. The maximum atomic E-state index is 8.15. The van der Waals surface area contributed by atoms with Gasteiger partial charge in [0.05, 0.1) is 0 Å². The van der Waals surface area contributed by atoms with Gasteiger partial charge in [0.1, 0.15) is 0 Å². The molecule has 2 nitrogen and oxygen atoms in total. The van der Waals surface area contributed by atoms with Gasteiger partial charge in [-0.2, -0.15) is 0 Å². The van der Waals surface area contributed by atoms with Gasteiger partial charge in [-0.1, -0.05) is 0 Å². The number of halogens is 2. The molecule has 3 aromatic rings. The zero-order valence-corrected chi connectivity index (χ0v) is 13.7. The third-order valence-corrected chi connectivity index (χ3v) is 4.70. The van der Waals surface area contributed by atoms with Crippen LogP contribution in [0.15, 0.2) is 59.5 Å². The van der Waals surface area contributed by atoms with E-state index in [2.05, 4.69) is 17.1 Å². The molecule has 102 valence electrons. The molecule has 0 aliphatic heterocycles. The standard InChI is InChI=1S/C15H11ClN2Se.ClH/c16-12-6-8-13(9-7-12)18-14(10-19-15(18)17)11-4-2-1-3-5-11;/h1-10,17H;1H. The molecule has 1 heterocycles. The first-order valence-electron chi connectivity index (χ1n) is 5.82. The van der Waals surface area contributed by atoms with Gasteiger partial charge in [-0.05, 0) is 0 Å². The van der Waals surface area contributed by atoms with Crippen LogP contribution in [-0.4, -0.2) is 19.1 Å². The number of hydrogen-bond donors (Lipinski definition) is 1. The number of benzene rings is 2. The van der Waals surface area contributed by atoms with E-state index in [-0.39, 0.29) is 26.9 Å². The zero-order valence-electron chi connectivity index (χ0n) is 10.4. The molecule has 0 amide bonds. The van der Waals surface area contributed by atoms with Gasteiger partial charge in [-0.3, -0.25) is 0 Å². The van der Waals surface area contributed by atoms with Crippen molar-refractivity contribution in [1.82, 2.24) is 4.57 Å². The molecule has 0 atom stereocenters. The van der Waals surface area contributed by atoms with E-state index >= 15 is 0 Å². The molecule has 0 saturated heterocycles. The van der Waals surface area contributed by atoms with E-state index in [1.54, 1.807) is 0 Å². The van der Waals surface area contributed by atoms with E-state index in [0.717, 1.165) is 16.9 Å². The molecule has 0 aliphatic rings. The van der Waals surface area contributed by atoms with Gasteiger partial charge >= 0.3 is 122 Å². The fraction of sp³-hybridized carbons (Fsp3) is 0. The van der Waals surface area contributed by atoms with E-state index in [1.807, 2.05) is 47.0 Å². The monoisotopic (exact) mass is 370 g/mol. The van der Waals surface area contributed by atoms with Crippen LogP contribution in [0.3, 0.4) is 0 Å². The van der Waals surface area contributed by atoms with Gasteiger partial charge < -0.3 is 0 Å². The number of nitrogens with one attached hydrogen (secondary N) is 1. The van der Waals surface area contributed by atoms with Crippen LogP contribution in [0.5, 0.6) is 0 Å². The number of nitrogens with zero attached hydrogens (tertiary/aromatic N) is 1. The molecule has 20 heavy (non-hydrogen) atoms. The molecule has 0 aliphatic carbocycles. The first kappa shape index (κ1) is 15.1. The van der Waals surface area contributed by atoms with Crippen LogP contribution in [0.1, 0.15) is 0 Å². The fourth-order valence-electron chi connectivity index (χ4n) is 1.98. The van der Waals surface area contributed by atoms with Crippen molar-refractivity contribution in [3.63, 3.8) is 0 Å². The predicted octanol–water partition coefficient (Wildman–Crippen LogP) is 3.76. The van der Waals surface area contributed by atoms with Crippen molar-refractivity contribution in [2.75, 3.05) is 0 Å². The second-order valence-electron chi connectivity index (χ2n) is 4.10. The molecule has 1 aromatic heterocycles. The van der Waals surface area contributed by atoms with E-state index in [9.17, 15) is 0 Å². The van der Waals surface area contributed by atoms with E-state index in [4.69, 9.17) is 17.0 Å². The average Bonchev–Trinajstić information content (AvgIpc) is 2.83. The molecule has 3 rings (SSSR count). The molecule has 0 radical (unpaired) electrons. The second-order valence-corrected chi connectivity index (χ2v) is 6.34. The molecule has 0 bridgehead atoms. The van der Waals surface area contributed by atoms with Gasteiger partial charge in [0.15, 0.2) is 0 Å². The van der Waals surface area contributed by atoms with Gasteiger partial charge in [0.2, 0.25) is 0 Å². The predicted molar refractivity (Wildman–Crippen MR) is 86.3 cm³/mol. The molecule has 2 aromatic carbocycles. The minimum absolute atomic E-state index is 0. The van der Waals surface area contributed by atoms with Crippen LogP contribution in [0.2, 0.25) is 5.02 Å². The Morgan fingerprint density at radius 1 is 0.950 bits per heavy atom. The molecular weight excluding hydrogens is 358 g/mol. The SMILES string of the molecule is Cl.N=c1[se]cc(-c2ccccc2)n1-c1ccc(Cl)cc1. The van der Waals surface area contributed by atoms with Crippen LogP contribution in [-0.2, 0) is 0 Å². The van der Waals surface area contributed by atoms with Crippen LogP contribution in [0.25, 0.3) is 16.9 Å². The third-order valence-electron chi connectivity index (χ3n) is 2.88. The first-order chi connectivity index (χ1) is 9.25. The zero-order chi connectivity index (χ0) is 13.2. The Hall–Kier alpha value is -1.25. The van der Waals surface area contributed by atoms with Crippen LogP contribution < -0.4 is 4.36 Å². The second kappa shape index (κ2) is 6.47. The van der Waals surface area contributed by atoms with E-state index < -0.39 is 0 Å². The van der Waals surface area contributed by atoms with Crippen molar-refractivity contribution < 1.29 is 0 Å².